The maximum absolute atomic E-state index is 2.56. The number of hydrogen-bond acceptors (Lipinski definition) is 1. The molecule has 0 radical (unpaired) electrons. The highest BCUT2D eigenvalue weighted by Crippen LogP contribution is 2.51. The number of hydrogen-bond donors (Lipinski definition) is 0. The van der Waals surface area contributed by atoms with Crippen molar-refractivity contribution in [1.29, 1.82) is 0 Å². The van der Waals surface area contributed by atoms with Crippen LogP contribution in [0.1, 0.15) is 72.8 Å². The third-order valence-corrected chi connectivity index (χ3v) is 12.0. The molecule has 1 aromatic heterocycles. The van der Waals surface area contributed by atoms with Crippen molar-refractivity contribution in [3.05, 3.63) is 118 Å². The van der Waals surface area contributed by atoms with Crippen LogP contribution in [-0.2, 0) is 12.8 Å². The second kappa shape index (κ2) is 8.55. The van der Waals surface area contributed by atoms with Crippen molar-refractivity contribution >= 4 is 64.7 Å². The summed E-state index contributed by atoms with van der Waals surface area (Å²) in [6.45, 7) is 2.44. The van der Waals surface area contributed by atoms with E-state index in [2.05, 4.69) is 91.9 Å². The highest BCUT2D eigenvalue weighted by Gasteiger charge is 2.29. The molecule has 1 atom stereocenters. The van der Waals surface area contributed by atoms with E-state index in [9.17, 15) is 0 Å². The van der Waals surface area contributed by atoms with Crippen LogP contribution in [0.4, 0.5) is 0 Å². The van der Waals surface area contributed by atoms with Crippen LogP contribution in [0.25, 0.3) is 64.5 Å². The van der Waals surface area contributed by atoms with E-state index in [-0.39, 0.29) is 0 Å². The zero-order chi connectivity index (χ0) is 27.5. The molecule has 0 bridgehead atoms. The van der Waals surface area contributed by atoms with Gasteiger partial charge >= 0.3 is 0 Å². The molecule has 4 aliphatic carbocycles. The molecule has 42 heavy (non-hydrogen) atoms. The predicted molar refractivity (Wildman–Crippen MR) is 183 cm³/mol. The number of thiophene rings is 1. The largest absolute Gasteiger partial charge is 0.135 e. The number of aryl methyl sites for hydroxylation is 2. The Kier molecular flexibility index (Phi) is 4.81. The van der Waals surface area contributed by atoms with Gasteiger partial charge in [-0.15, -0.1) is 11.3 Å². The van der Waals surface area contributed by atoms with Crippen molar-refractivity contribution in [2.45, 2.75) is 57.8 Å². The Bertz CT molecular complexity index is 2280. The van der Waals surface area contributed by atoms with Gasteiger partial charge in [-0.05, 0) is 141 Å². The summed E-state index contributed by atoms with van der Waals surface area (Å²) < 4.78 is 2.80. The Morgan fingerprint density at radius 1 is 0.690 bits per heavy atom. The Labute approximate surface area is 250 Å². The van der Waals surface area contributed by atoms with E-state index in [0.29, 0.717) is 5.92 Å². The molecular formula is C41H32S. The summed E-state index contributed by atoms with van der Waals surface area (Å²) in [5.74, 6) is 0.487. The van der Waals surface area contributed by atoms with E-state index >= 15 is 0 Å². The topological polar surface area (TPSA) is 0 Å². The van der Waals surface area contributed by atoms with E-state index in [0.717, 1.165) is 6.42 Å². The van der Waals surface area contributed by atoms with Crippen molar-refractivity contribution < 1.29 is 0 Å². The summed E-state index contributed by atoms with van der Waals surface area (Å²) >= 11 is 1.95. The summed E-state index contributed by atoms with van der Waals surface area (Å²) in [6, 6.07) is 26.1. The number of allylic oxidation sites excluding steroid dienone is 5. The van der Waals surface area contributed by atoms with Crippen molar-refractivity contribution in [3.8, 4) is 11.1 Å². The average molecular weight is 557 g/mol. The molecule has 0 saturated carbocycles. The molecule has 1 heteroatoms. The smallest absolute Gasteiger partial charge is 0.0361 e. The quantitative estimate of drug-likeness (QED) is 0.199. The van der Waals surface area contributed by atoms with Gasteiger partial charge in [0.25, 0.3) is 0 Å². The van der Waals surface area contributed by atoms with Crippen LogP contribution in [0.3, 0.4) is 0 Å². The Hall–Kier alpha value is -3.94. The third-order valence-electron chi connectivity index (χ3n) is 10.9. The maximum Gasteiger partial charge on any atom is 0.0361 e. The molecule has 1 heterocycles. The zero-order valence-corrected chi connectivity index (χ0v) is 24.8. The molecule has 0 amide bonds. The highest BCUT2D eigenvalue weighted by molar-refractivity contribution is 7.26. The molecule has 1 unspecified atom stereocenters. The normalized spacial score (nSPS) is 19.1. The molecule has 10 rings (SSSR count). The fourth-order valence-corrected chi connectivity index (χ4v) is 9.66. The first-order valence-electron chi connectivity index (χ1n) is 15.8. The first kappa shape index (κ1) is 23.6. The summed E-state index contributed by atoms with van der Waals surface area (Å²) in [7, 11) is 0. The fraction of sp³-hybridized carbons (Fsp3) is 0.220. The maximum atomic E-state index is 2.56. The van der Waals surface area contributed by atoms with Gasteiger partial charge in [-0.1, -0.05) is 79.3 Å². The number of benzene rings is 5. The molecule has 0 N–H and O–H groups in total. The Morgan fingerprint density at radius 3 is 2.33 bits per heavy atom. The lowest BCUT2D eigenvalue weighted by Crippen LogP contribution is -2.11. The lowest BCUT2D eigenvalue weighted by molar-refractivity contribution is 0.740. The van der Waals surface area contributed by atoms with E-state index in [4.69, 9.17) is 0 Å². The Morgan fingerprint density at radius 2 is 1.52 bits per heavy atom. The van der Waals surface area contributed by atoms with Crippen molar-refractivity contribution in [2.24, 2.45) is 0 Å². The molecule has 5 aromatic carbocycles. The fourth-order valence-electron chi connectivity index (χ4n) is 8.56. The minimum atomic E-state index is 0.487. The minimum absolute atomic E-state index is 0.487. The second-order valence-electron chi connectivity index (χ2n) is 13.0. The first-order valence-corrected chi connectivity index (χ1v) is 16.6. The molecule has 0 spiro atoms. The van der Waals surface area contributed by atoms with Crippen LogP contribution in [0, 0.1) is 0 Å². The van der Waals surface area contributed by atoms with Crippen LogP contribution in [-0.4, -0.2) is 0 Å². The predicted octanol–water partition coefficient (Wildman–Crippen LogP) is 11.9. The SMILES string of the molecule is CC1CC=Cc2c1c(-c1ccc3sc4ccc5c6c(ccc5c4c3c1)CC6)c1ccccc1c2C1=CC2=C(CC1)CC2. The first-order chi connectivity index (χ1) is 20.7. The molecule has 0 nitrogen and oxygen atoms in total. The van der Waals surface area contributed by atoms with E-state index in [1.54, 1.807) is 33.4 Å². The lowest BCUT2D eigenvalue weighted by atomic mass is 9.73. The van der Waals surface area contributed by atoms with Gasteiger partial charge in [-0.2, -0.15) is 0 Å². The van der Waals surface area contributed by atoms with E-state index in [1.807, 2.05) is 11.3 Å². The molecule has 0 saturated heterocycles. The van der Waals surface area contributed by atoms with Crippen LogP contribution in [0.2, 0.25) is 0 Å². The third kappa shape index (κ3) is 3.13. The van der Waals surface area contributed by atoms with Crippen molar-refractivity contribution in [1.82, 2.24) is 0 Å². The molecule has 0 fully saturated rings. The van der Waals surface area contributed by atoms with Crippen molar-refractivity contribution in [3.63, 3.8) is 0 Å². The van der Waals surface area contributed by atoms with Gasteiger partial charge in [0.2, 0.25) is 0 Å². The van der Waals surface area contributed by atoms with Gasteiger partial charge in [0.15, 0.2) is 0 Å². The Balaban J connectivity index is 1.28. The summed E-state index contributed by atoms with van der Waals surface area (Å²) in [5.41, 5.74) is 15.3. The monoisotopic (exact) mass is 556 g/mol. The van der Waals surface area contributed by atoms with Gasteiger partial charge < -0.3 is 0 Å². The van der Waals surface area contributed by atoms with E-state index < -0.39 is 0 Å². The van der Waals surface area contributed by atoms with Gasteiger partial charge in [0, 0.05) is 20.2 Å². The van der Waals surface area contributed by atoms with Gasteiger partial charge in [-0.25, -0.2) is 0 Å². The molecule has 4 aliphatic rings. The summed E-state index contributed by atoms with van der Waals surface area (Å²) in [5, 5.41) is 8.59. The summed E-state index contributed by atoms with van der Waals surface area (Å²) in [6.07, 6.45) is 16.0. The van der Waals surface area contributed by atoms with Gasteiger partial charge in [-0.3, -0.25) is 0 Å². The van der Waals surface area contributed by atoms with Crippen LogP contribution in [0.15, 0.2) is 90.0 Å². The molecule has 6 aromatic rings. The average Bonchev–Trinajstić information content (AvgIpc) is 3.35. The van der Waals surface area contributed by atoms with Gasteiger partial charge in [0.1, 0.15) is 0 Å². The number of rotatable bonds is 2. The number of fused-ring (bicyclic) bond motifs is 9. The van der Waals surface area contributed by atoms with Crippen LogP contribution >= 0.6 is 11.3 Å². The highest BCUT2D eigenvalue weighted by atomic mass is 32.1. The zero-order valence-electron chi connectivity index (χ0n) is 24.0. The standard InChI is InChI=1S/C41H32S/c1-23-5-4-8-34-38(23)40(32-7-3-2-6-31(32)39(34)27-12-10-24-9-11-26(24)21-27)28-15-19-36-35(22-28)41-33-17-14-25-13-16-29(25)30(33)18-20-37(41)42-36/h2-4,6-8,14-15,17-23H,5,9-13,16H2,1H3. The van der Waals surface area contributed by atoms with Crippen LogP contribution < -0.4 is 0 Å². The second-order valence-corrected chi connectivity index (χ2v) is 14.1. The lowest BCUT2D eigenvalue weighted by Gasteiger charge is -2.31. The van der Waals surface area contributed by atoms with Crippen molar-refractivity contribution in [2.75, 3.05) is 0 Å². The van der Waals surface area contributed by atoms with E-state index in [1.165, 1.54) is 102 Å². The molecular weight excluding hydrogens is 525 g/mol. The van der Waals surface area contributed by atoms with Crippen LogP contribution in [0.5, 0.6) is 0 Å². The summed E-state index contributed by atoms with van der Waals surface area (Å²) in [4.78, 5) is 0. The van der Waals surface area contributed by atoms with Gasteiger partial charge in [0.05, 0.1) is 0 Å². The minimum Gasteiger partial charge on any atom is -0.135 e. The molecule has 0 aliphatic heterocycles. The molecule has 202 valence electrons.